The number of hydrogen-bond donors (Lipinski definition) is 3. The molecule has 1 aromatic rings. The fourth-order valence-corrected chi connectivity index (χ4v) is 5.13. The predicted molar refractivity (Wildman–Crippen MR) is 155 cm³/mol. The first kappa shape index (κ1) is 32.7. The van der Waals surface area contributed by atoms with Crippen molar-refractivity contribution in [2.24, 2.45) is 11.8 Å². The third-order valence-electron chi connectivity index (χ3n) is 7.16. The van der Waals surface area contributed by atoms with Gasteiger partial charge < -0.3 is 35.2 Å². The Balaban J connectivity index is 0.00000267. The van der Waals surface area contributed by atoms with Gasteiger partial charge in [-0.05, 0) is 36.5 Å². The van der Waals surface area contributed by atoms with Crippen molar-refractivity contribution >= 4 is 48.2 Å². The topological polar surface area (TPSA) is 112 Å². The molecule has 2 bridgehead atoms. The van der Waals surface area contributed by atoms with Crippen LogP contribution in [0.2, 0.25) is 0 Å². The Bertz CT molecular complexity index is 989. The molecule has 3 aliphatic rings. The Morgan fingerprint density at radius 1 is 1.05 bits per heavy atom. The first-order valence-electron chi connectivity index (χ1n) is 13.2. The highest BCUT2D eigenvalue weighted by atomic mass is 35.5. The molecule has 0 unspecified atom stereocenters. The van der Waals surface area contributed by atoms with E-state index in [-0.39, 0.29) is 60.9 Å². The van der Waals surface area contributed by atoms with Crippen molar-refractivity contribution in [3.8, 4) is 5.75 Å². The van der Waals surface area contributed by atoms with Crippen molar-refractivity contribution in [2.45, 2.75) is 26.3 Å². The van der Waals surface area contributed by atoms with Gasteiger partial charge in [-0.1, -0.05) is 12.2 Å². The zero-order chi connectivity index (χ0) is 26.0. The van der Waals surface area contributed by atoms with Crippen LogP contribution in [-0.4, -0.2) is 88.3 Å². The Hall–Kier alpha value is -2.53. The molecule has 0 saturated carbocycles. The summed E-state index contributed by atoms with van der Waals surface area (Å²) in [7, 11) is 0. The number of carbonyl (C=O) groups excluding carboxylic acids is 3. The van der Waals surface area contributed by atoms with Crippen LogP contribution < -0.4 is 25.6 Å². The van der Waals surface area contributed by atoms with Gasteiger partial charge in [0.05, 0.1) is 19.8 Å². The summed E-state index contributed by atoms with van der Waals surface area (Å²) in [6, 6.07) is 6.23. The molecule has 0 aromatic heterocycles. The van der Waals surface area contributed by atoms with E-state index in [0.717, 1.165) is 49.7 Å². The third kappa shape index (κ3) is 9.86. The molecule has 3 N–H and O–H groups in total. The minimum Gasteiger partial charge on any atom is -0.489 e. The molecule has 2 atom stereocenters. The Morgan fingerprint density at radius 3 is 2.59 bits per heavy atom. The van der Waals surface area contributed by atoms with E-state index >= 15 is 0 Å². The molecule has 3 heterocycles. The molecule has 3 amide bonds. The quantitative estimate of drug-likeness (QED) is 0.342. The van der Waals surface area contributed by atoms with Crippen LogP contribution in [0.4, 0.5) is 5.69 Å². The van der Waals surface area contributed by atoms with Crippen molar-refractivity contribution in [1.29, 1.82) is 0 Å². The van der Waals surface area contributed by atoms with Crippen LogP contribution in [0.25, 0.3) is 0 Å². The number of carbonyl (C=O) groups is 3. The third-order valence-corrected chi connectivity index (χ3v) is 7.16. The average Bonchev–Trinajstić information content (AvgIpc) is 2.91. The first-order valence-corrected chi connectivity index (χ1v) is 13.2. The van der Waals surface area contributed by atoms with E-state index in [9.17, 15) is 14.4 Å². The van der Waals surface area contributed by atoms with Gasteiger partial charge in [0.15, 0.2) is 0 Å². The van der Waals surface area contributed by atoms with Crippen molar-refractivity contribution in [3.05, 3.63) is 35.9 Å². The number of fused-ring (bicyclic) bond motifs is 3. The minimum atomic E-state index is -0.114. The van der Waals surface area contributed by atoms with Crippen LogP contribution in [0, 0.1) is 11.8 Å². The van der Waals surface area contributed by atoms with Gasteiger partial charge >= 0.3 is 0 Å². The number of piperidine rings is 1. The fraction of sp³-hybridized carbons (Fsp3) is 0.593. The Labute approximate surface area is 243 Å². The lowest BCUT2D eigenvalue weighted by Crippen LogP contribution is -2.47. The van der Waals surface area contributed by atoms with Gasteiger partial charge in [-0.15, -0.1) is 24.8 Å². The number of benzene rings is 1. The van der Waals surface area contributed by atoms with E-state index < -0.39 is 0 Å². The van der Waals surface area contributed by atoms with Gasteiger partial charge in [0.1, 0.15) is 12.4 Å². The molecule has 0 aliphatic carbocycles. The summed E-state index contributed by atoms with van der Waals surface area (Å²) in [5, 5.41) is 8.87. The number of halogens is 2. The van der Waals surface area contributed by atoms with E-state index in [2.05, 4.69) is 39.1 Å². The lowest BCUT2D eigenvalue weighted by Gasteiger charge is -2.37. The first-order chi connectivity index (χ1) is 18.0. The highest BCUT2D eigenvalue weighted by Crippen LogP contribution is 2.29. The molecule has 0 spiro atoms. The number of amides is 3. The molecule has 218 valence electrons. The van der Waals surface area contributed by atoms with Gasteiger partial charge in [0, 0.05) is 70.4 Å². The molecular formula is C27H41Cl2N5O5. The summed E-state index contributed by atoms with van der Waals surface area (Å²) >= 11 is 0. The SMILES string of the molecule is CC(=O)NCCNC(=O)C[C@@H]1CCN2C[C@@H]1C=CCOc1ccc(N3CCOCC3)cc1CNCC2=O.Cl.Cl. The van der Waals surface area contributed by atoms with Gasteiger partial charge in [0.25, 0.3) is 0 Å². The second-order valence-electron chi connectivity index (χ2n) is 9.82. The van der Waals surface area contributed by atoms with Crippen LogP contribution in [0.1, 0.15) is 25.3 Å². The molecule has 10 nitrogen and oxygen atoms in total. The molecule has 2 saturated heterocycles. The lowest BCUT2D eigenvalue weighted by molar-refractivity contribution is -0.132. The van der Waals surface area contributed by atoms with Gasteiger partial charge in [-0.2, -0.15) is 0 Å². The number of nitrogens with zero attached hydrogens (tertiary/aromatic N) is 2. The summed E-state index contributed by atoms with van der Waals surface area (Å²) in [4.78, 5) is 40.7. The second kappa shape index (κ2) is 16.5. The monoisotopic (exact) mass is 585 g/mol. The number of anilines is 1. The van der Waals surface area contributed by atoms with Crippen LogP contribution in [0.15, 0.2) is 30.4 Å². The van der Waals surface area contributed by atoms with Crippen molar-refractivity contribution in [3.63, 3.8) is 0 Å². The maximum Gasteiger partial charge on any atom is 0.236 e. The maximum atomic E-state index is 13.0. The highest BCUT2D eigenvalue weighted by molar-refractivity contribution is 5.85. The standard InChI is InChI=1S/C27H39N5O5.2ClH/c1-20(33)29-7-8-30-26(34)16-21-6-9-32-19-22(21)3-2-12-37-25-5-4-24(31-10-13-36-14-11-31)15-23(25)17-28-18-27(32)35;;/h2-5,15,21-22,28H,6-14,16-19H2,1H3,(H,29,33)(H,30,34);2*1H/t21-,22-;;/m0../s1. The second-order valence-corrected chi connectivity index (χ2v) is 9.82. The molecule has 1 aromatic carbocycles. The number of ether oxygens (including phenoxy) is 2. The summed E-state index contributed by atoms with van der Waals surface area (Å²) in [6.07, 6.45) is 5.26. The van der Waals surface area contributed by atoms with Crippen molar-refractivity contribution in [2.75, 3.05) is 70.5 Å². The number of rotatable bonds is 6. The van der Waals surface area contributed by atoms with Gasteiger partial charge in [0.2, 0.25) is 17.7 Å². The highest BCUT2D eigenvalue weighted by Gasteiger charge is 2.31. The maximum absolute atomic E-state index is 13.0. The van der Waals surface area contributed by atoms with E-state index in [1.165, 1.54) is 6.92 Å². The minimum absolute atomic E-state index is 0. The molecular weight excluding hydrogens is 545 g/mol. The smallest absolute Gasteiger partial charge is 0.236 e. The molecule has 3 aliphatic heterocycles. The number of hydrogen-bond acceptors (Lipinski definition) is 7. The van der Waals surface area contributed by atoms with E-state index in [1.54, 1.807) is 0 Å². The summed E-state index contributed by atoms with van der Waals surface area (Å²) < 4.78 is 11.6. The number of nitrogens with one attached hydrogen (secondary N) is 3. The van der Waals surface area contributed by atoms with Crippen molar-refractivity contribution < 1.29 is 23.9 Å². The van der Waals surface area contributed by atoms with E-state index in [0.29, 0.717) is 45.8 Å². The summed E-state index contributed by atoms with van der Waals surface area (Å²) in [6.45, 7) is 7.90. The summed E-state index contributed by atoms with van der Waals surface area (Å²) in [5.74, 6) is 0.947. The van der Waals surface area contributed by atoms with Crippen LogP contribution in [0.3, 0.4) is 0 Å². The van der Waals surface area contributed by atoms with Crippen molar-refractivity contribution in [1.82, 2.24) is 20.9 Å². The van der Waals surface area contributed by atoms with E-state index in [1.807, 2.05) is 17.0 Å². The molecule has 0 radical (unpaired) electrons. The zero-order valence-electron chi connectivity index (χ0n) is 22.5. The number of morpholine rings is 1. The largest absolute Gasteiger partial charge is 0.489 e. The summed E-state index contributed by atoms with van der Waals surface area (Å²) in [5.41, 5.74) is 2.16. The zero-order valence-corrected chi connectivity index (χ0v) is 24.1. The molecule has 39 heavy (non-hydrogen) atoms. The van der Waals surface area contributed by atoms with Crippen LogP contribution in [0.5, 0.6) is 5.75 Å². The molecule has 2 fully saturated rings. The van der Waals surface area contributed by atoms with Gasteiger partial charge in [-0.3, -0.25) is 14.4 Å². The Morgan fingerprint density at radius 2 is 1.82 bits per heavy atom. The molecule has 4 rings (SSSR count). The molecule has 12 heteroatoms. The van der Waals surface area contributed by atoms with Gasteiger partial charge in [-0.25, -0.2) is 0 Å². The van der Waals surface area contributed by atoms with Crippen LogP contribution in [-0.2, 0) is 25.7 Å². The fourth-order valence-electron chi connectivity index (χ4n) is 5.13. The lowest BCUT2D eigenvalue weighted by atomic mass is 9.82. The normalized spacial score (nSPS) is 21.4. The van der Waals surface area contributed by atoms with E-state index in [4.69, 9.17) is 9.47 Å². The van der Waals surface area contributed by atoms with Crippen LogP contribution >= 0.6 is 24.8 Å². The predicted octanol–water partition coefficient (Wildman–Crippen LogP) is 1.51. The average molecular weight is 587 g/mol. The Kier molecular flexibility index (Phi) is 13.9.